The number of fused-ring (bicyclic) bond motifs is 1. The molecule has 3 nitrogen and oxygen atoms in total. The number of alkyl halides is 2. The number of carbonyl (C=O) groups excluding carboxylic acids is 1. The van der Waals surface area contributed by atoms with Crippen LogP contribution in [0.2, 0.25) is 0 Å². The summed E-state index contributed by atoms with van der Waals surface area (Å²) < 4.78 is -1.41. The smallest absolute Gasteiger partial charge is 0.262 e. The highest BCUT2D eigenvalue weighted by Crippen LogP contribution is 2.34. The fraction of sp³-hybridized carbons (Fsp3) is 0.300. The van der Waals surface area contributed by atoms with Crippen LogP contribution in [-0.4, -0.2) is 23.8 Å². The second-order valence-electron chi connectivity index (χ2n) is 3.53. The van der Waals surface area contributed by atoms with Crippen LogP contribution in [0.3, 0.4) is 0 Å². The SMILES string of the molecule is CN1CC(Cl)(Cl)C(=O)Nc2ccccc21. The number of benzene rings is 1. The van der Waals surface area contributed by atoms with E-state index in [2.05, 4.69) is 5.32 Å². The maximum absolute atomic E-state index is 11.6. The van der Waals surface area contributed by atoms with Crippen molar-refractivity contribution in [1.82, 2.24) is 0 Å². The summed E-state index contributed by atoms with van der Waals surface area (Å²) in [6, 6.07) is 7.48. The Morgan fingerprint density at radius 1 is 1.40 bits per heavy atom. The lowest BCUT2D eigenvalue weighted by Crippen LogP contribution is -2.39. The Hall–Kier alpha value is -0.930. The highest BCUT2D eigenvalue weighted by Gasteiger charge is 2.38. The van der Waals surface area contributed by atoms with Gasteiger partial charge in [-0.15, -0.1) is 0 Å². The highest BCUT2D eigenvalue weighted by molar-refractivity contribution is 6.59. The molecular weight excluding hydrogens is 235 g/mol. The molecule has 2 rings (SSSR count). The van der Waals surface area contributed by atoms with Crippen LogP contribution < -0.4 is 10.2 Å². The van der Waals surface area contributed by atoms with E-state index in [0.717, 1.165) is 11.4 Å². The zero-order valence-electron chi connectivity index (χ0n) is 8.13. The van der Waals surface area contributed by atoms with E-state index in [1.54, 1.807) is 0 Å². The lowest BCUT2D eigenvalue weighted by Gasteiger charge is -2.22. The number of amides is 1. The minimum Gasteiger partial charge on any atom is -0.369 e. The van der Waals surface area contributed by atoms with Crippen LogP contribution in [0, 0.1) is 0 Å². The summed E-state index contributed by atoms with van der Waals surface area (Å²) in [5.74, 6) is -0.386. The molecule has 1 aliphatic heterocycles. The molecule has 1 heterocycles. The monoisotopic (exact) mass is 244 g/mol. The first-order valence-electron chi connectivity index (χ1n) is 4.50. The van der Waals surface area contributed by atoms with Gasteiger partial charge in [-0.25, -0.2) is 0 Å². The molecule has 0 aromatic heterocycles. The summed E-state index contributed by atoms with van der Waals surface area (Å²) in [4.78, 5) is 13.5. The molecule has 1 N–H and O–H groups in total. The molecule has 0 fully saturated rings. The molecule has 1 aromatic rings. The van der Waals surface area contributed by atoms with Crippen molar-refractivity contribution in [3.05, 3.63) is 24.3 Å². The van der Waals surface area contributed by atoms with Gasteiger partial charge in [-0.1, -0.05) is 35.3 Å². The third-order valence-corrected chi connectivity index (χ3v) is 2.91. The predicted molar refractivity (Wildman–Crippen MR) is 62.8 cm³/mol. The van der Waals surface area contributed by atoms with Crippen LogP contribution in [0.25, 0.3) is 0 Å². The van der Waals surface area contributed by atoms with E-state index in [-0.39, 0.29) is 12.5 Å². The van der Waals surface area contributed by atoms with Gasteiger partial charge in [0.15, 0.2) is 0 Å². The third kappa shape index (κ3) is 1.90. The molecule has 0 aliphatic carbocycles. The zero-order valence-corrected chi connectivity index (χ0v) is 9.64. The molecule has 1 aliphatic rings. The van der Waals surface area contributed by atoms with Gasteiger partial charge in [0, 0.05) is 7.05 Å². The molecule has 5 heteroatoms. The maximum atomic E-state index is 11.6. The first-order valence-corrected chi connectivity index (χ1v) is 5.26. The number of para-hydroxylation sites is 2. The number of halogens is 2. The van der Waals surface area contributed by atoms with Gasteiger partial charge >= 0.3 is 0 Å². The fourth-order valence-electron chi connectivity index (χ4n) is 1.58. The molecule has 0 atom stereocenters. The number of nitrogens with zero attached hydrogens (tertiary/aromatic N) is 1. The highest BCUT2D eigenvalue weighted by atomic mass is 35.5. The van der Waals surface area contributed by atoms with Crippen LogP contribution in [0.5, 0.6) is 0 Å². The summed E-state index contributed by atoms with van der Waals surface area (Å²) in [5.41, 5.74) is 1.64. The number of hydrogen-bond acceptors (Lipinski definition) is 2. The third-order valence-electron chi connectivity index (χ3n) is 2.33. The Bertz CT molecular complexity index is 406. The Morgan fingerprint density at radius 2 is 2.07 bits per heavy atom. The van der Waals surface area contributed by atoms with E-state index >= 15 is 0 Å². The van der Waals surface area contributed by atoms with E-state index < -0.39 is 4.33 Å². The molecule has 0 spiro atoms. The van der Waals surface area contributed by atoms with Crippen molar-refractivity contribution in [3.63, 3.8) is 0 Å². The molecule has 1 amide bonds. The Kier molecular flexibility index (Phi) is 2.52. The van der Waals surface area contributed by atoms with Gasteiger partial charge in [0.1, 0.15) is 0 Å². The number of anilines is 2. The molecule has 0 radical (unpaired) electrons. The van der Waals surface area contributed by atoms with E-state index in [1.165, 1.54) is 0 Å². The van der Waals surface area contributed by atoms with Crippen molar-refractivity contribution < 1.29 is 4.79 Å². The van der Waals surface area contributed by atoms with Crippen LogP contribution in [-0.2, 0) is 4.79 Å². The van der Waals surface area contributed by atoms with Gasteiger partial charge in [0.25, 0.3) is 5.91 Å². The average molecular weight is 245 g/mol. The maximum Gasteiger partial charge on any atom is 0.262 e. The summed E-state index contributed by atoms with van der Waals surface area (Å²) in [7, 11) is 1.85. The number of hydrogen-bond donors (Lipinski definition) is 1. The molecule has 0 saturated carbocycles. The summed E-state index contributed by atoms with van der Waals surface area (Å²) in [6.07, 6.45) is 0. The topological polar surface area (TPSA) is 32.3 Å². The molecule has 15 heavy (non-hydrogen) atoms. The molecule has 0 saturated heterocycles. The normalized spacial score (nSPS) is 19.1. The molecular formula is C10H10Cl2N2O. The van der Waals surface area contributed by atoms with Crippen molar-refractivity contribution in [2.75, 3.05) is 23.8 Å². The van der Waals surface area contributed by atoms with Crippen molar-refractivity contribution in [2.24, 2.45) is 0 Å². The Labute approximate surface area is 98.0 Å². The minimum atomic E-state index is -1.41. The van der Waals surface area contributed by atoms with E-state index in [0.29, 0.717) is 0 Å². The van der Waals surface area contributed by atoms with Gasteiger partial charge in [0.05, 0.1) is 17.9 Å². The average Bonchev–Trinajstić information content (AvgIpc) is 2.24. The largest absolute Gasteiger partial charge is 0.369 e. The second kappa shape index (κ2) is 3.58. The predicted octanol–water partition coefficient (Wildman–Crippen LogP) is 2.25. The first-order chi connectivity index (χ1) is 7.00. The Balaban J connectivity index is 2.46. The summed E-state index contributed by atoms with van der Waals surface area (Å²) in [6.45, 7) is 0.263. The van der Waals surface area contributed by atoms with Crippen molar-refractivity contribution in [2.45, 2.75) is 4.33 Å². The van der Waals surface area contributed by atoms with Crippen LogP contribution >= 0.6 is 23.2 Å². The van der Waals surface area contributed by atoms with Crippen molar-refractivity contribution in [1.29, 1.82) is 0 Å². The van der Waals surface area contributed by atoms with Crippen molar-refractivity contribution >= 4 is 40.5 Å². The van der Waals surface area contributed by atoms with E-state index in [1.807, 2.05) is 36.2 Å². The second-order valence-corrected chi connectivity index (χ2v) is 5.02. The lowest BCUT2D eigenvalue weighted by molar-refractivity contribution is -0.116. The summed E-state index contributed by atoms with van der Waals surface area (Å²) >= 11 is 11.8. The molecule has 0 bridgehead atoms. The van der Waals surface area contributed by atoms with Gasteiger partial charge in [-0.3, -0.25) is 4.79 Å². The van der Waals surface area contributed by atoms with E-state index in [4.69, 9.17) is 23.2 Å². The van der Waals surface area contributed by atoms with Gasteiger partial charge in [-0.05, 0) is 12.1 Å². The fourth-order valence-corrected chi connectivity index (χ4v) is 2.03. The Morgan fingerprint density at radius 3 is 2.80 bits per heavy atom. The molecule has 0 unspecified atom stereocenters. The standard InChI is InChI=1S/C10H10Cl2N2O/c1-14-6-10(11,12)9(15)13-7-4-2-3-5-8(7)14/h2-5H,6H2,1H3,(H,13,15). The van der Waals surface area contributed by atoms with Gasteiger partial charge < -0.3 is 10.2 Å². The number of nitrogens with one attached hydrogen (secondary N) is 1. The van der Waals surface area contributed by atoms with E-state index in [9.17, 15) is 4.79 Å². The number of carbonyl (C=O) groups is 1. The minimum absolute atomic E-state index is 0.263. The lowest BCUT2D eigenvalue weighted by atomic mass is 10.2. The quantitative estimate of drug-likeness (QED) is 0.711. The van der Waals surface area contributed by atoms with Gasteiger partial charge in [-0.2, -0.15) is 0 Å². The molecule has 1 aromatic carbocycles. The summed E-state index contributed by atoms with van der Waals surface area (Å²) in [5, 5.41) is 2.70. The zero-order chi connectivity index (χ0) is 11.1. The molecule has 80 valence electrons. The number of rotatable bonds is 0. The van der Waals surface area contributed by atoms with Crippen LogP contribution in [0.15, 0.2) is 24.3 Å². The van der Waals surface area contributed by atoms with Crippen molar-refractivity contribution in [3.8, 4) is 0 Å². The van der Waals surface area contributed by atoms with Crippen LogP contribution in [0.1, 0.15) is 0 Å². The van der Waals surface area contributed by atoms with Gasteiger partial charge in [0.2, 0.25) is 4.33 Å². The van der Waals surface area contributed by atoms with Crippen LogP contribution in [0.4, 0.5) is 11.4 Å². The first kappa shape index (κ1) is 10.6.